The standard InChI is InChI=1S/C21H25N7O/c1-11(22)12-6-7-16(25-10-12)13-8-14(9-13)19(23)27-20-15-4-3-5-17(29-2)18(15)26-21(24)28-20/h3-7,10-11,13-14H,8-9,22H2,1-2H3,(H4,23,24,26,27,28)/p+1. The Balaban J connectivity index is 1.47. The van der Waals surface area contributed by atoms with Gasteiger partial charge in [-0.2, -0.15) is 9.98 Å². The summed E-state index contributed by atoms with van der Waals surface area (Å²) < 4.78 is 5.38. The monoisotopic (exact) mass is 392 g/mol. The Hall–Kier alpha value is -3.10. The Bertz CT molecular complexity index is 989. The van der Waals surface area contributed by atoms with Gasteiger partial charge in [0.05, 0.1) is 12.7 Å². The lowest BCUT2D eigenvalue weighted by Crippen LogP contribution is -2.95. The lowest BCUT2D eigenvalue weighted by Gasteiger charge is -2.34. The normalized spacial score (nSPS) is 23.0. The minimum atomic E-state index is -0.0149. The summed E-state index contributed by atoms with van der Waals surface area (Å²) in [6.45, 7) is 1.95. The number of benzene rings is 1. The van der Waals surface area contributed by atoms with Crippen molar-refractivity contribution in [1.29, 1.82) is 5.41 Å². The maximum Gasteiger partial charge on any atom is 0.303 e. The molecule has 1 aromatic carbocycles. The quantitative estimate of drug-likeness (QED) is 0.463. The van der Waals surface area contributed by atoms with Crippen molar-refractivity contribution in [3.05, 3.63) is 53.3 Å². The van der Waals surface area contributed by atoms with E-state index in [9.17, 15) is 0 Å². The zero-order valence-electron chi connectivity index (χ0n) is 16.6. The van der Waals surface area contributed by atoms with Crippen molar-refractivity contribution >= 4 is 23.3 Å². The minimum absolute atomic E-state index is 0.0149. The van der Waals surface area contributed by atoms with Crippen LogP contribution in [-0.4, -0.2) is 29.7 Å². The first kappa shape index (κ1) is 19.2. The Morgan fingerprint density at radius 3 is 2.76 bits per heavy atom. The fourth-order valence-electron chi connectivity index (χ4n) is 3.71. The number of aromatic nitrogens is 1. The van der Waals surface area contributed by atoms with Crippen LogP contribution in [0.1, 0.15) is 48.5 Å². The summed E-state index contributed by atoms with van der Waals surface area (Å²) in [4.78, 5) is 13.5. The summed E-state index contributed by atoms with van der Waals surface area (Å²) in [6, 6.07) is 9.71. The molecule has 2 aliphatic rings. The maximum atomic E-state index is 8.47. The van der Waals surface area contributed by atoms with Gasteiger partial charge in [-0.1, -0.05) is 12.1 Å². The molecule has 8 nitrogen and oxygen atoms in total. The summed E-state index contributed by atoms with van der Waals surface area (Å²) in [5, 5.41) is 10.2. The van der Waals surface area contributed by atoms with Crippen molar-refractivity contribution in [2.45, 2.75) is 31.7 Å². The number of nitrogens with one attached hydrogen (secondary N) is 1. The number of ether oxygens (including phenoxy) is 1. The van der Waals surface area contributed by atoms with Crippen molar-refractivity contribution in [2.75, 3.05) is 7.11 Å². The van der Waals surface area contributed by atoms with Crippen LogP contribution in [0.15, 0.2) is 46.5 Å². The average Bonchev–Trinajstić information content (AvgIpc) is 2.66. The van der Waals surface area contributed by atoms with Crippen LogP contribution < -0.4 is 21.5 Å². The van der Waals surface area contributed by atoms with Gasteiger partial charge in [-0.15, -0.1) is 0 Å². The van der Waals surface area contributed by atoms with Crippen LogP contribution in [0.3, 0.4) is 0 Å². The van der Waals surface area contributed by atoms with Gasteiger partial charge in [-0.25, -0.2) is 5.32 Å². The molecule has 0 spiro atoms. The molecule has 0 radical (unpaired) electrons. The van der Waals surface area contributed by atoms with Gasteiger partial charge in [0.25, 0.3) is 0 Å². The first-order valence-corrected chi connectivity index (χ1v) is 9.71. The van der Waals surface area contributed by atoms with Crippen molar-refractivity contribution < 1.29 is 10.1 Å². The fraction of sp³-hybridized carbons (Fsp3) is 0.333. The van der Waals surface area contributed by atoms with Crippen LogP contribution in [0.25, 0.3) is 0 Å². The summed E-state index contributed by atoms with van der Waals surface area (Å²) in [7, 11) is 1.60. The molecule has 1 aromatic heterocycles. The van der Waals surface area contributed by atoms with E-state index < -0.39 is 0 Å². The van der Waals surface area contributed by atoms with Crippen LogP contribution in [0, 0.1) is 11.3 Å². The average molecular weight is 392 g/mol. The van der Waals surface area contributed by atoms with Gasteiger partial charge < -0.3 is 16.2 Å². The zero-order chi connectivity index (χ0) is 20.5. The van der Waals surface area contributed by atoms with Crippen molar-refractivity contribution in [2.24, 2.45) is 27.4 Å². The summed E-state index contributed by atoms with van der Waals surface area (Å²) in [6.07, 6.45) is 3.59. The molecule has 1 fully saturated rings. The predicted octanol–water partition coefficient (Wildman–Crippen LogP) is 1.55. The molecule has 2 aromatic rings. The second kappa shape index (κ2) is 7.73. The molecule has 7 N–H and O–H groups in total. The minimum Gasteiger partial charge on any atom is -0.494 e. The van der Waals surface area contributed by atoms with E-state index in [1.807, 2.05) is 43.5 Å². The zero-order valence-corrected chi connectivity index (χ0v) is 16.6. The number of para-hydroxylation sites is 1. The van der Waals surface area contributed by atoms with Crippen molar-refractivity contribution in [3.8, 4) is 5.75 Å². The van der Waals surface area contributed by atoms with E-state index in [0.717, 1.165) is 29.7 Å². The van der Waals surface area contributed by atoms with Gasteiger partial charge in [-0.05, 0) is 43.5 Å². The van der Waals surface area contributed by atoms with Crippen LogP contribution in [0.5, 0.6) is 5.75 Å². The van der Waals surface area contributed by atoms with Crippen LogP contribution in [0.4, 0.5) is 5.69 Å². The number of guanidine groups is 1. The smallest absolute Gasteiger partial charge is 0.303 e. The van der Waals surface area contributed by atoms with E-state index in [2.05, 4.69) is 15.0 Å². The molecule has 1 unspecified atom stereocenters. The van der Waals surface area contributed by atoms with Crippen molar-refractivity contribution in [3.63, 3.8) is 0 Å². The third-order valence-electron chi connectivity index (χ3n) is 5.54. The maximum absolute atomic E-state index is 8.47. The Labute approximate surface area is 169 Å². The molecular formula is C21H26N7O+. The number of rotatable bonds is 4. The number of methoxy groups -OCH3 is 1. The van der Waals surface area contributed by atoms with Gasteiger partial charge in [0.1, 0.15) is 17.3 Å². The molecule has 1 aliphatic heterocycles. The van der Waals surface area contributed by atoms with E-state index in [4.69, 9.17) is 21.6 Å². The lowest BCUT2D eigenvalue weighted by atomic mass is 9.72. The Morgan fingerprint density at radius 2 is 2.10 bits per heavy atom. The van der Waals surface area contributed by atoms with Gasteiger partial charge in [0.15, 0.2) is 0 Å². The number of aliphatic imine (C=N–C) groups is 2. The molecule has 1 aliphatic carbocycles. The van der Waals surface area contributed by atoms with Crippen LogP contribution in [0.2, 0.25) is 0 Å². The summed E-state index contributed by atoms with van der Waals surface area (Å²) >= 11 is 0. The highest BCUT2D eigenvalue weighted by atomic mass is 16.5. The third-order valence-corrected chi connectivity index (χ3v) is 5.54. The van der Waals surface area contributed by atoms with E-state index >= 15 is 0 Å². The number of nitrogens with zero attached hydrogens (tertiary/aromatic N) is 3. The molecule has 1 saturated carbocycles. The molecule has 2 heterocycles. The number of nitrogens with two attached hydrogens (primary N) is 3. The van der Waals surface area contributed by atoms with Gasteiger partial charge >= 0.3 is 5.96 Å². The fourth-order valence-corrected chi connectivity index (χ4v) is 3.71. The van der Waals surface area contributed by atoms with Crippen molar-refractivity contribution in [1.82, 2.24) is 4.98 Å². The molecule has 8 heteroatoms. The van der Waals surface area contributed by atoms with E-state index in [-0.39, 0.29) is 12.0 Å². The predicted molar refractivity (Wildman–Crippen MR) is 113 cm³/mol. The third kappa shape index (κ3) is 3.76. The number of pyridine rings is 1. The van der Waals surface area contributed by atoms with Gasteiger partial charge in [0.2, 0.25) is 5.84 Å². The highest BCUT2D eigenvalue weighted by molar-refractivity contribution is 6.09. The van der Waals surface area contributed by atoms with Crippen LogP contribution in [-0.2, 0) is 0 Å². The molecule has 29 heavy (non-hydrogen) atoms. The number of amidine groups is 2. The second-order valence-electron chi connectivity index (χ2n) is 7.59. The first-order chi connectivity index (χ1) is 14.0. The van der Waals surface area contributed by atoms with E-state index in [1.165, 1.54) is 0 Å². The van der Waals surface area contributed by atoms with E-state index in [0.29, 0.717) is 35.0 Å². The molecule has 150 valence electrons. The topological polar surface area (TPSA) is 139 Å². The Morgan fingerprint density at radius 1 is 1.31 bits per heavy atom. The first-order valence-electron chi connectivity index (χ1n) is 9.71. The Kier molecular flexibility index (Phi) is 5.12. The SMILES string of the molecule is COc1cccc2c1N=C(N)[NH2+]C2=NC(=N)C1CC(c2ccc(C(C)N)cn2)C1. The molecule has 0 bridgehead atoms. The van der Waals surface area contributed by atoms with Gasteiger partial charge in [-0.3, -0.25) is 10.4 Å². The van der Waals surface area contributed by atoms with Crippen LogP contribution >= 0.6 is 0 Å². The highest BCUT2D eigenvalue weighted by Gasteiger charge is 2.35. The number of hydrogen-bond donors (Lipinski definition) is 4. The highest BCUT2D eigenvalue weighted by Crippen LogP contribution is 2.42. The molecule has 0 amide bonds. The molecular weight excluding hydrogens is 366 g/mol. The second-order valence-corrected chi connectivity index (χ2v) is 7.59. The van der Waals surface area contributed by atoms with Gasteiger partial charge in [0, 0.05) is 29.8 Å². The lowest BCUT2D eigenvalue weighted by molar-refractivity contribution is -0.409. The summed E-state index contributed by atoms with van der Waals surface area (Å²) in [5.41, 5.74) is 15.4. The van der Waals surface area contributed by atoms with E-state index in [1.54, 1.807) is 12.4 Å². The molecule has 0 saturated heterocycles. The number of fused-ring (bicyclic) bond motifs is 1. The molecule has 1 atom stereocenters. The largest absolute Gasteiger partial charge is 0.494 e. The molecule has 4 rings (SSSR count). The number of quaternary nitrogens is 1. The summed E-state index contributed by atoms with van der Waals surface area (Å²) in [5.74, 6) is 2.49. The number of hydrogen-bond acceptors (Lipinski definition) is 6.